The monoisotopic (exact) mass is 412 g/mol. The largest absolute Gasteiger partial charge is 0.302 e. The van der Waals surface area contributed by atoms with Crippen LogP contribution >= 0.6 is 11.3 Å². The lowest BCUT2D eigenvalue weighted by Crippen LogP contribution is -2.20. The van der Waals surface area contributed by atoms with E-state index in [-0.39, 0.29) is 29.5 Å². The second kappa shape index (κ2) is 7.55. The summed E-state index contributed by atoms with van der Waals surface area (Å²) < 4.78 is 15.0. The Bertz CT molecular complexity index is 1280. The van der Waals surface area contributed by atoms with E-state index >= 15 is 0 Å². The molecule has 2 N–H and O–H groups in total. The fourth-order valence-electron chi connectivity index (χ4n) is 2.82. The molecule has 0 atom stereocenters. The molecular weight excluding hydrogens is 395 g/mol. The Labute approximate surface area is 168 Å². The lowest BCUT2D eigenvalue weighted by atomic mass is 10.1. The highest BCUT2D eigenvalue weighted by Gasteiger charge is 2.14. The van der Waals surface area contributed by atoms with E-state index in [1.807, 2.05) is 0 Å². The minimum absolute atomic E-state index is 0.0663. The molecule has 0 saturated carbocycles. The van der Waals surface area contributed by atoms with E-state index in [4.69, 9.17) is 0 Å². The van der Waals surface area contributed by atoms with Crippen LogP contribution in [0.2, 0.25) is 0 Å². The zero-order chi connectivity index (χ0) is 20.5. The van der Waals surface area contributed by atoms with Gasteiger partial charge in [-0.25, -0.2) is 14.4 Å². The van der Waals surface area contributed by atoms with E-state index in [1.54, 1.807) is 38.2 Å². The van der Waals surface area contributed by atoms with Crippen molar-refractivity contribution in [1.29, 1.82) is 0 Å². The van der Waals surface area contributed by atoms with Gasteiger partial charge in [-0.05, 0) is 25.5 Å². The van der Waals surface area contributed by atoms with Crippen molar-refractivity contribution in [3.8, 4) is 0 Å². The Balaban J connectivity index is 1.45. The van der Waals surface area contributed by atoms with Gasteiger partial charge in [-0.3, -0.25) is 14.7 Å². The normalized spacial score (nSPS) is 11.1. The Morgan fingerprint density at radius 2 is 2.07 bits per heavy atom. The molecule has 4 rings (SSSR count). The molecular formula is C19H17FN6O2S. The molecule has 10 heteroatoms. The van der Waals surface area contributed by atoms with Crippen LogP contribution in [-0.2, 0) is 17.6 Å². The molecule has 0 aliphatic rings. The highest BCUT2D eigenvalue weighted by Crippen LogP contribution is 2.22. The van der Waals surface area contributed by atoms with Crippen molar-refractivity contribution in [3.63, 3.8) is 0 Å². The van der Waals surface area contributed by atoms with Crippen molar-refractivity contribution in [2.75, 3.05) is 5.32 Å². The molecule has 0 spiro atoms. The number of aromatic amines is 1. The smallest absolute Gasteiger partial charge is 0.277 e. The summed E-state index contributed by atoms with van der Waals surface area (Å²) in [6.07, 6.45) is 1.95. The predicted octanol–water partition coefficient (Wildman–Crippen LogP) is 2.40. The number of carbonyl (C=O) groups excluding carboxylic acids is 1. The van der Waals surface area contributed by atoms with E-state index < -0.39 is 0 Å². The number of rotatable bonds is 5. The summed E-state index contributed by atoms with van der Waals surface area (Å²) in [6.45, 7) is 3.42. The highest BCUT2D eigenvalue weighted by molar-refractivity contribution is 7.15. The number of fused-ring (bicyclic) bond motifs is 1. The van der Waals surface area contributed by atoms with Crippen LogP contribution < -0.4 is 10.9 Å². The van der Waals surface area contributed by atoms with Crippen LogP contribution in [0, 0.1) is 19.7 Å². The van der Waals surface area contributed by atoms with Crippen LogP contribution in [0.3, 0.4) is 0 Å². The van der Waals surface area contributed by atoms with E-state index in [9.17, 15) is 14.0 Å². The molecule has 0 radical (unpaired) electrons. The molecule has 148 valence electrons. The van der Waals surface area contributed by atoms with Gasteiger partial charge in [0, 0.05) is 28.8 Å². The predicted molar refractivity (Wildman–Crippen MR) is 107 cm³/mol. The number of thiazole rings is 1. The zero-order valence-corrected chi connectivity index (χ0v) is 16.5. The number of nitrogens with one attached hydrogen (secondary N) is 2. The number of nitrogens with zero attached hydrogens (tertiary/aromatic N) is 4. The number of H-pyrrole nitrogens is 1. The van der Waals surface area contributed by atoms with Gasteiger partial charge in [0.25, 0.3) is 11.3 Å². The number of benzene rings is 1. The molecule has 0 unspecified atom stereocenters. The molecule has 4 aromatic rings. The van der Waals surface area contributed by atoms with Crippen molar-refractivity contribution < 1.29 is 9.18 Å². The first-order chi connectivity index (χ1) is 13.9. The number of hydrogen-bond donors (Lipinski definition) is 2. The van der Waals surface area contributed by atoms with Crippen LogP contribution in [0.5, 0.6) is 0 Å². The summed E-state index contributed by atoms with van der Waals surface area (Å²) in [5, 5.41) is 5.92. The third-order valence-corrected chi connectivity index (χ3v) is 5.37. The minimum Gasteiger partial charge on any atom is -0.302 e. The number of carbonyl (C=O) groups is 1. The maximum absolute atomic E-state index is 13.8. The molecule has 0 saturated heterocycles. The fraction of sp³-hybridized carbons (Fsp3) is 0.211. The van der Waals surface area contributed by atoms with Gasteiger partial charge in [-0.1, -0.05) is 18.2 Å². The van der Waals surface area contributed by atoms with E-state index in [0.29, 0.717) is 34.2 Å². The number of halogens is 1. The number of amides is 1. The average molecular weight is 412 g/mol. The van der Waals surface area contributed by atoms with E-state index in [2.05, 4.69) is 25.4 Å². The van der Waals surface area contributed by atoms with Gasteiger partial charge in [0.1, 0.15) is 11.6 Å². The topological polar surface area (TPSA) is 105 Å². The number of aryl methyl sites for hydroxylation is 1. The molecule has 0 aliphatic carbocycles. The van der Waals surface area contributed by atoms with Crippen molar-refractivity contribution >= 4 is 28.2 Å². The van der Waals surface area contributed by atoms with Gasteiger partial charge in [0.05, 0.1) is 6.42 Å². The third kappa shape index (κ3) is 3.92. The lowest BCUT2D eigenvalue weighted by Gasteiger charge is -2.00. The van der Waals surface area contributed by atoms with Gasteiger partial charge in [-0.2, -0.15) is 9.50 Å². The Hall–Kier alpha value is -3.40. The first-order valence-electron chi connectivity index (χ1n) is 8.83. The Kier molecular flexibility index (Phi) is 4.93. The zero-order valence-electron chi connectivity index (χ0n) is 15.7. The first kappa shape index (κ1) is 18.9. The number of hydrogen-bond acceptors (Lipinski definition) is 6. The van der Waals surface area contributed by atoms with E-state index in [0.717, 1.165) is 4.88 Å². The van der Waals surface area contributed by atoms with Gasteiger partial charge in [0.2, 0.25) is 5.91 Å². The molecule has 29 heavy (non-hydrogen) atoms. The van der Waals surface area contributed by atoms with Crippen LogP contribution in [0.1, 0.15) is 27.5 Å². The average Bonchev–Trinajstić information content (AvgIpc) is 3.28. The number of aromatic nitrogens is 5. The molecule has 0 aliphatic heterocycles. The molecule has 3 aromatic heterocycles. The fourth-order valence-corrected chi connectivity index (χ4v) is 3.67. The molecule has 1 amide bonds. The minimum atomic E-state index is -0.336. The summed E-state index contributed by atoms with van der Waals surface area (Å²) in [6, 6.07) is 6.55. The standard InChI is InChI=1S/C19H17FN6O2S/c1-10-11(2)22-18-23-15(25-26(18)17(10)28)8-16(27)24-19-21-9-13(29-19)7-12-5-3-4-6-14(12)20/h3-6,9H,7-8H2,1-2H3,(H,21,24,27)(H,22,23,25). The summed E-state index contributed by atoms with van der Waals surface area (Å²) in [7, 11) is 0. The summed E-state index contributed by atoms with van der Waals surface area (Å²) in [4.78, 5) is 38.0. The summed E-state index contributed by atoms with van der Waals surface area (Å²) >= 11 is 1.28. The summed E-state index contributed by atoms with van der Waals surface area (Å²) in [5.41, 5.74) is 1.44. The van der Waals surface area contributed by atoms with Crippen LogP contribution in [0.4, 0.5) is 9.52 Å². The maximum Gasteiger partial charge on any atom is 0.277 e. The number of anilines is 1. The second-order valence-electron chi connectivity index (χ2n) is 6.56. The van der Waals surface area contributed by atoms with Gasteiger partial charge in [0.15, 0.2) is 5.13 Å². The lowest BCUT2D eigenvalue weighted by molar-refractivity contribution is -0.115. The third-order valence-electron chi connectivity index (χ3n) is 4.46. The van der Waals surface area contributed by atoms with Crippen molar-refractivity contribution in [2.45, 2.75) is 26.7 Å². The quantitative estimate of drug-likeness (QED) is 0.524. The SMILES string of the molecule is Cc1nc2nc(CC(=O)Nc3ncc(Cc4ccccc4F)s3)[nH]n2c(=O)c1C. The van der Waals surface area contributed by atoms with Crippen LogP contribution in [-0.4, -0.2) is 30.5 Å². The Morgan fingerprint density at radius 1 is 1.28 bits per heavy atom. The summed E-state index contributed by atoms with van der Waals surface area (Å²) in [5.74, 6) is -0.0643. The molecule has 1 aromatic carbocycles. The van der Waals surface area contributed by atoms with Crippen LogP contribution in [0.25, 0.3) is 5.78 Å². The van der Waals surface area contributed by atoms with Gasteiger partial charge < -0.3 is 5.32 Å². The van der Waals surface area contributed by atoms with Crippen molar-refractivity contribution in [1.82, 2.24) is 24.6 Å². The Morgan fingerprint density at radius 3 is 2.86 bits per heavy atom. The highest BCUT2D eigenvalue weighted by atomic mass is 32.1. The molecule has 8 nitrogen and oxygen atoms in total. The second-order valence-corrected chi connectivity index (χ2v) is 7.67. The molecule has 0 fully saturated rings. The van der Waals surface area contributed by atoms with Gasteiger partial charge >= 0.3 is 0 Å². The maximum atomic E-state index is 13.8. The molecule has 0 bridgehead atoms. The van der Waals surface area contributed by atoms with Crippen LogP contribution in [0.15, 0.2) is 35.3 Å². The van der Waals surface area contributed by atoms with Crippen molar-refractivity contribution in [2.24, 2.45) is 0 Å². The van der Waals surface area contributed by atoms with E-state index in [1.165, 1.54) is 21.9 Å². The van der Waals surface area contributed by atoms with Gasteiger partial charge in [-0.15, -0.1) is 11.3 Å². The molecule has 3 heterocycles. The van der Waals surface area contributed by atoms with Crippen molar-refractivity contribution in [3.05, 3.63) is 74.2 Å². The first-order valence-corrected chi connectivity index (χ1v) is 9.65.